The first-order valence-corrected chi connectivity index (χ1v) is 18.6. The molecule has 1 fully saturated rings. The highest BCUT2D eigenvalue weighted by Gasteiger charge is 2.35. The van der Waals surface area contributed by atoms with Gasteiger partial charge in [-0.2, -0.15) is 0 Å². The number of amides is 2. The lowest BCUT2D eigenvalue weighted by atomic mass is 9.94. The average molecular weight is 749 g/mol. The van der Waals surface area contributed by atoms with Gasteiger partial charge in [0.1, 0.15) is 12.6 Å². The number of anilines is 1. The molecule has 1 unspecified atom stereocenters. The first kappa shape index (κ1) is 35.9. The molecule has 1 aliphatic rings. The van der Waals surface area contributed by atoms with Gasteiger partial charge < -0.3 is 19.7 Å². The van der Waals surface area contributed by atoms with Crippen molar-refractivity contribution in [1.29, 1.82) is 0 Å². The zero-order valence-electron chi connectivity index (χ0n) is 27.8. The predicted molar refractivity (Wildman–Crippen MR) is 194 cm³/mol. The lowest BCUT2D eigenvalue weighted by molar-refractivity contribution is -0.140. The fraction of sp³-hybridized carbons (Fsp3) is 0.316. The Balaban J connectivity index is 1.56. The van der Waals surface area contributed by atoms with Crippen molar-refractivity contribution in [3.8, 4) is 11.5 Å². The van der Waals surface area contributed by atoms with Gasteiger partial charge in [-0.15, -0.1) is 0 Å². The van der Waals surface area contributed by atoms with Crippen molar-refractivity contribution in [2.45, 2.75) is 62.0 Å². The Kier molecular flexibility index (Phi) is 12.4. The maximum absolute atomic E-state index is 14.7. The Labute approximate surface area is 297 Å². The van der Waals surface area contributed by atoms with Crippen LogP contribution in [0.4, 0.5) is 5.69 Å². The minimum Gasteiger partial charge on any atom is -0.493 e. The van der Waals surface area contributed by atoms with Gasteiger partial charge in [-0.3, -0.25) is 13.9 Å². The first-order chi connectivity index (χ1) is 23.7. The van der Waals surface area contributed by atoms with E-state index in [1.807, 2.05) is 54.6 Å². The van der Waals surface area contributed by atoms with E-state index in [9.17, 15) is 18.0 Å². The molecule has 4 aromatic carbocycles. The third-order valence-corrected chi connectivity index (χ3v) is 11.1. The molecule has 1 aliphatic carbocycles. The molecular weight excluding hydrogens is 706 g/mol. The second-order valence-corrected chi connectivity index (χ2v) is 14.8. The smallest absolute Gasteiger partial charge is 0.264 e. The summed E-state index contributed by atoms with van der Waals surface area (Å²) in [6, 6.07) is 29.0. The molecule has 1 atom stereocenters. The molecule has 4 aromatic rings. The SMILES string of the molecule is COc1ccc(S(=O)(=O)N(CC(=O)N(Cc2ccc(Br)cc2)C(Cc2ccccc2)C(=O)NC2CCCCC2)c2ccccc2)cc1OC. The van der Waals surface area contributed by atoms with Gasteiger partial charge in [0.25, 0.3) is 10.0 Å². The van der Waals surface area contributed by atoms with Gasteiger partial charge in [0, 0.05) is 29.5 Å². The fourth-order valence-corrected chi connectivity index (χ4v) is 7.81. The van der Waals surface area contributed by atoms with E-state index in [1.165, 1.54) is 37.3 Å². The molecule has 258 valence electrons. The summed E-state index contributed by atoms with van der Waals surface area (Å²) in [6.07, 6.45) is 5.24. The molecule has 1 saturated carbocycles. The van der Waals surface area contributed by atoms with Crippen LogP contribution in [0.2, 0.25) is 0 Å². The van der Waals surface area contributed by atoms with Crippen LogP contribution in [0.15, 0.2) is 112 Å². The summed E-state index contributed by atoms with van der Waals surface area (Å²) in [6.45, 7) is -0.444. The Morgan fingerprint density at radius 2 is 1.45 bits per heavy atom. The van der Waals surface area contributed by atoms with Crippen molar-refractivity contribution in [2.75, 3.05) is 25.1 Å². The number of hydrogen-bond donors (Lipinski definition) is 1. The van der Waals surface area contributed by atoms with Gasteiger partial charge in [-0.25, -0.2) is 8.42 Å². The second kappa shape index (κ2) is 16.8. The molecule has 0 aliphatic heterocycles. The van der Waals surface area contributed by atoms with Crippen molar-refractivity contribution in [1.82, 2.24) is 10.2 Å². The number of nitrogens with one attached hydrogen (secondary N) is 1. The molecule has 0 bridgehead atoms. The molecule has 0 aromatic heterocycles. The van der Waals surface area contributed by atoms with Crippen LogP contribution in [0.3, 0.4) is 0 Å². The molecule has 0 spiro atoms. The maximum Gasteiger partial charge on any atom is 0.264 e. The van der Waals surface area contributed by atoms with E-state index in [-0.39, 0.29) is 35.6 Å². The highest BCUT2D eigenvalue weighted by Crippen LogP contribution is 2.32. The minimum absolute atomic E-state index is 0.0235. The van der Waals surface area contributed by atoms with E-state index in [1.54, 1.807) is 30.3 Å². The molecule has 0 heterocycles. The van der Waals surface area contributed by atoms with Gasteiger partial charge >= 0.3 is 0 Å². The van der Waals surface area contributed by atoms with Crippen LogP contribution in [0.5, 0.6) is 11.5 Å². The Hall–Kier alpha value is -4.35. The van der Waals surface area contributed by atoms with Crippen LogP contribution < -0.4 is 19.1 Å². The summed E-state index contributed by atoms with van der Waals surface area (Å²) in [5.74, 6) is -0.162. The third kappa shape index (κ3) is 9.21. The Bertz CT molecular complexity index is 1800. The molecule has 11 heteroatoms. The standard InChI is InChI=1S/C38H42BrN3O6S/c1-47-35-23-22-33(25-36(35)48-2)49(45,46)42(32-16-10-5-11-17-32)27-37(43)41(26-29-18-20-30(39)21-19-29)34(24-28-12-6-3-7-13-28)38(44)40-31-14-8-4-9-15-31/h3,5-7,10-13,16-23,25,31,34H,4,8-9,14-15,24,26-27H2,1-2H3,(H,40,44). The second-order valence-electron chi connectivity index (χ2n) is 12.1. The molecule has 0 saturated heterocycles. The number of nitrogens with zero attached hydrogens (tertiary/aromatic N) is 2. The highest BCUT2D eigenvalue weighted by molar-refractivity contribution is 9.10. The first-order valence-electron chi connectivity index (χ1n) is 16.4. The summed E-state index contributed by atoms with van der Waals surface area (Å²) in [7, 11) is -1.40. The molecule has 9 nitrogen and oxygen atoms in total. The maximum atomic E-state index is 14.7. The molecular formula is C38H42BrN3O6S. The van der Waals surface area contributed by atoms with Crippen LogP contribution in [0.1, 0.15) is 43.2 Å². The van der Waals surface area contributed by atoms with Crippen molar-refractivity contribution >= 4 is 43.5 Å². The quantitative estimate of drug-likeness (QED) is 0.153. The number of sulfonamides is 1. The van der Waals surface area contributed by atoms with Crippen molar-refractivity contribution in [2.24, 2.45) is 0 Å². The predicted octanol–water partition coefficient (Wildman–Crippen LogP) is 6.75. The summed E-state index contributed by atoms with van der Waals surface area (Å²) in [4.78, 5) is 30.4. The van der Waals surface area contributed by atoms with Gasteiger partial charge in [-0.05, 0) is 60.4 Å². The molecule has 1 N–H and O–H groups in total. The van der Waals surface area contributed by atoms with E-state index in [0.717, 1.165) is 52.0 Å². The number of para-hydroxylation sites is 1. The topological polar surface area (TPSA) is 105 Å². The van der Waals surface area contributed by atoms with Gasteiger partial charge in [0.05, 0.1) is 24.8 Å². The van der Waals surface area contributed by atoms with Crippen LogP contribution >= 0.6 is 15.9 Å². The van der Waals surface area contributed by atoms with E-state index >= 15 is 0 Å². The third-order valence-electron chi connectivity index (χ3n) is 8.75. The molecule has 5 rings (SSSR count). The lowest BCUT2D eigenvalue weighted by Crippen LogP contribution is -2.55. The summed E-state index contributed by atoms with van der Waals surface area (Å²) in [5, 5.41) is 3.24. The van der Waals surface area contributed by atoms with E-state index < -0.39 is 28.5 Å². The number of rotatable bonds is 14. The van der Waals surface area contributed by atoms with Crippen LogP contribution in [-0.2, 0) is 32.6 Å². The molecule has 2 amide bonds. The average Bonchev–Trinajstić information content (AvgIpc) is 3.13. The highest BCUT2D eigenvalue weighted by atomic mass is 79.9. The van der Waals surface area contributed by atoms with Crippen molar-refractivity contribution in [3.63, 3.8) is 0 Å². The van der Waals surface area contributed by atoms with E-state index in [2.05, 4.69) is 21.2 Å². The number of ether oxygens (including phenoxy) is 2. The number of hydrogen-bond acceptors (Lipinski definition) is 6. The summed E-state index contributed by atoms with van der Waals surface area (Å²) in [5.41, 5.74) is 1.99. The van der Waals surface area contributed by atoms with Crippen LogP contribution in [0, 0.1) is 0 Å². The summed E-state index contributed by atoms with van der Waals surface area (Å²) < 4.78 is 41.5. The van der Waals surface area contributed by atoms with Gasteiger partial charge in [0.2, 0.25) is 11.8 Å². The number of halogens is 1. The molecule has 49 heavy (non-hydrogen) atoms. The van der Waals surface area contributed by atoms with E-state index in [0.29, 0.717) is 11.4 Å². The molecule has 0 radical (unpaired) electrons. The number of carbonyl (C=O) groups is 2. The minimum atomic E-state index is -4.30. The number of carbonyl (C=O) groups excluding carboxylic acids is 2. The lowest BCUT2D eigenvalue weighted by Gasteiger charge is -2.35. The van der Waals surface area contributed by atoms with Gasteiger partial charge in [-0.1, -0.05) is 95.9 Å². The van der Waals surface area contributed by atoms with Crippen molar-refractivity contribution < 1.29 is 27.5 Å². The van der Waals surface area contributed by atoms with Crippen LogP contribution in [-0.4, -0.2) is 58.0 Å². The van der Waals surface area contributed by atoms with Crippen LogP contribution in [0.25, 0.3) is 0 Å². The number of methoxy groups -OCH3 is 2. The normalized spacial score (nSPS) is 14.0. The van der Waals surface area contributed by atoms with Crippen molar-refractivity contribution in [3.05, 3.63) is 119 Å². The largest absolute Gasteiger partial charge is 0.493 e. The number of benzene rings is 4. The monoisotopic (exact) mass is 747 g/mol. The zero-order valence-corrected chi connectivity index (χ0v) is 30.2. The Morgan fingerprint density at radius 1 is 0.816 bits per heavy atom. The summed E-state index contributed by atoms with van der Waals surface area (Å²) >= 11 is 3.48. The zero-order chi connectivity index (χ0) is 34.8. The van der Waals surface area contributed by atoms with Gasteiger partial charge in [0.15, 0.2) is 11.5 Å². The Morgan fingerprint density at radius 3 is 2.08 bits per heavy atom. The fourth-order valence-electron chi connectivity index (χ4n) is 6.11. The van der Waals surface area contributed by atoms with E-state index in [4.69, 9.17) is 9.47 Å².